The molecule has 0 fully saturated rings. The summed E-state index contributed by atoms with van der Waals surface area (Å²) in [5.41, 5.74) is 0. The number of hydrogen-bond donors (Lipinski definition) is 1. The standard InChI is InChI=1S/C18H16OP.3CH2O.Co.O/c19-20(16-10-4-1-5-11-16,17-12-6-2-7-13-17)18-14-8-3-9-15-18;3*1-2;;/h1-15,19H;3*1H2;;/q+1;;;;;. The van der Waals surface area contributed by atoms with Crippen molar-refractivity contribution in [1.29, 1.82) is 0 Å². The third-order valence-electron chi connectivity index (χ3n) is 3.39. The zero-order valence-electron chi connectivity index (χ0n) is 15.1. The molecule has 3 rings (SSSR count). The molecule has 5 nitrogen and oxygen atoms in total. The number of carbonyl (C=O) groups excluding carboxylic acids is 3. The monoisotopic (exact) mass is 444 g/mol. The molecule has 0 bridgehead atoms. The van der Waals surface area contributed by atoms with Crippen LogP contribution in [0.25, 0.3) is 0 Å². The van der Waals surface area contributed by atoms with E-state index in [1.165, 1.54) is 0 Å². The van der Waals surface area contributed by atoms with E-state index in [1.54, 1.807) is 0 Å². The Balaban J connectivity index is 0. The number of hydrogen-bond acceptors (Lipinski definition) is 5. The quantitative estimate of drug-likeness (QED) is 0.626. The van der Waals surface area contributed by atoms with Gasteiger partial charge in [-0.3, -0.25) is 0 Å². The molecule has 0 atom stereocenters. The Bertz CT molecular complexity index is 640. The van der Waals surface area contributed by atoms with Gasteiger partial charge in [-0.25, -0.2) is 4.89 Å². The molecule has 149 valence electrons. The first-order valence-electron chi connectivity index (χ1n) is 7.60. The number of rotatable bonds is 3. The first-order chi connectivity index (χ1) is 13.8. The molecule has 0 aliphatic rings. The molecule has 3 aromatic carbocycles. The van der Waals surface area contributed by atoms with E-state index in [2.05, 4.69) is 15.7 Å². The van der Waals surface area contributed by atoms with E-state index in [-0.39, 0.29) is 0 Å². The van der Waals surface area contributed by atoms with Crippen LogP contribution in [-0.2, 0) is 33.9 Å². The summed E-state index contributed by atoms with van der Waals surface area (Å²) in [5, 5.41) is 2.95. The second-order valence-corrected chi connectivity index (χ2v) is 7.46. The fourth-order valence-corrected chi connectivity index (χ4v) is 5.08. The molecule has 0 unspecified atom stereocenters. The van der Waals surface area contributed by atoms with Crippen molar-refractivity contribution in [2.24, 2.45) is 0 Å². The van der Waals surface area contributed by atoms with E-state index in [4.69, 9.17) is 18.2 Å². The fourth-order valence-electron chi connectivity index (χ4n) is 2.38. The molecule has 0 radical (unpaired) electrons. The van der Waals surface area contributed by atoms with Gasteiger partial charge < -0.3 is 14.4 Å². The normalized spacial score (nSPS) is 8.64. The van der Waals surface area contributed by atoms with Gasteiger partial charge in [-0.15, -0.1) is 0 Å². The van der Waals surface area contributed by atoms with Gasteiger partial charge >= 0.3 is 19.5 Å². The van der Waals surface area contributed by atoms with Gasteiger partial charge in [0, 0.05) is 0 Å². The predicted molar refractivity (Wildman–Crippen MR) is 109 cm³/mol. The number of benzene rings is 3. The Kier molecular flexibility index (Phi) is 17.5. The van der Waals surface area contributed by atoms with Gasteiger partial charge in [-0.2, -0.15) is 0 Å². The van der Waals surface area contributed by atoms with Gasteiger partial charge in [0.15, 0.2) is 0 Å². The SMILES string of the molecule is C=O.C=O.C=O.O[P+](c1ccccc1)(c1ccccc1)c1ccccc1.[O]=[Co]. The van der Waals surface area contributed by atoms with Crippen LogP contribution in [0.1, 0.15) is 0 Å². The molecule has 3 aromatic rings. The summed E-state index contributed by atoms with van der Waals surface area (Å²) < 4.78 is 7.94. The molecule has 28 heavy (non-hydrogen) atoms. The second-order valence-electron chi connectivity index (χ2n) is 4.64. The van der Waals surface area contributed by atoms with Gasteiger partial charge in [0.2, 0.25) is 7.49 Å². The van der Waals surface area contributed by atoms with Crippen LogP contribution in [-0.4, -0.2) is 25.3 Å². The van der Waals surface area contributed by atoms with Crippen LogP contribution in [0.5, 0.6) is 0 Å². The maximum atomic E-state index is 11.5. The summed E-state index contributed by atoms with van der Waals surface area (Å²) in [4.78, 5) is 35.5. The fraction of sp³-hybridized carbons (Fsp3) is 0. The van der Waals surface area contributed by atoms with E-state index in [0.29, 0.717) is 0 Å². The van der Waals surface area contributed by atoms with Crippen molar-refractivity contribution >= 4 is 43.8 Å². The van der Waals surface area contributed by atoms with Crippen LogP contribution in [0.4, 0.5) is 0 Å². The topological polar surface area (TPSA) is 88.5 Å². The van der Waals surface area contributed by atoms with Gasteiger partial charge in [-0.05, 0) is 36.4 Å². The predicted octanol–water partition coefficient (Wildman–Crippen LogP) is 2.21. The van der Waals surface area contributed by atoms with Crippen molar-refractivity contribution in [3.8, 4) is 0 Å². The van der Waals surface area contributed by atoms with E-state index in [1.807, 2.05) is 111 Å². The molecule has 0 aromatic heterocycles. The van der Waals surface area contributed by atoms with Crippen molar-refractivity contribution in [3.63, 3.8) is 0 Å². The van der Waals surface area contributed by atoms with Gasteiger partial charge in [0.1, 0.15) is 36.3 Å². The Hall–Kier alpha value is -2.63. The molecule has 0 heterocycles. The third kappa shape index (κ3) is 7.54. The van der Waals surface area contributed by atoms with Crippen molar-refractivity contribution < 1.29 is 38.8 Å². The van der Waals surface area contributed by atoms with E-state index < -0.39 is 7.49 Å². The molecular formula is C21H22CoO5P+. The first kappa shape index (κ1) is 27.6. The minimum absolute atomic E-state index is 0.984. The molecular weight excluding hydrogens is 422 g/mol. The van der Waals surface area contributed by atoms with E-state index >= 15 is 0 Å². The zero-order chi connectivity index (χ0) is 21.8. The maximum absolute atomic E-state index is 11.5. The van der Waals surface area contributed by atoms with Crippen LogP contribution in [0.3, 0.4) is 0 Å². The average Bonchev–Trinajstić information content (AvgIpc) is 2.85. The summed E-state index contributed by atoms with van der Waals surface area (Å²) in [6, 6.07) is 29.8. The Morgan fingerprint density at radius 1 is 0.500 bits per heavy atom. The van der Waals surface area contributed by atoms with Gasteiger partial charge in [-0.1, -0.05) is 54.6 Å². The third-order valence-corrected chi connectivity index (χ3v) is 6.53. The van der Waals surface area contributed by atoms with E-state index in [0.717, 1.165) is 15.9 Å². The molecule has 0 saturated carbocycles. The molecule has 1 N–H and O–H groups in total. The Labute approximate surface area is 173 Å². The summed E-state index contributed by atoms with van der Waals surface area (Å²) in [6.07, 6.45) is 0. The van der Waals surface area contributed by atoms with Crippen molar-refractivity contribution in [2.45, 2.75) is 0 Å². The van der Waals surface area contributed by atoms with Crippen LogP contribution in [0.2, 0.25) is 0 Å². The molecule has 0 aliphatic carbocycles. The van der Waals surface area contributed by atoms with Crippen LogP contribution in [0, 0.1) is 0 Å². The average molecular weight is 444 g/mol. The first-order valence-corrected chi connectivity index (χ1v) is 9.77. The Morgan fingerprint density at radius 3 is 0.857 bits per heavy atom. The van der Waals surface area contributed by atoms with Crippen LogP contribution < -0.4 is 15.9 Å². The van der Waals surface area contributed by atoms with Gasteiger partial charge in [0.05, 0.1) is 0 Å². The molecule has 7 heteroatoms. The van der Waals surface area contributed by atoms with Crippen molar-refractivity contribution in [1.82, 2.24) is 0 Å². The Morgan fingerprint density at radius 2 is 0.679 bits per heavy atom. The molecule has 0 aliphatic heterocycles. The second kappa shape index (κ2) is 17.8. The van der Waals surface area contributed by atoms with Gasteiger partial charge in [0.25, 0.3) is 0 Å². The molecule has 0 spiro atoms. The van der Waals surface area contributed by atoms with E-state index in [9.17, 15) is 4.89 Å². The van der Waals surface area contributed by atoms with Crippen molar-refractivity contribution in [2.75, 3.05) is 0 Å². The summed E-state index contributed by atoms with van der Waals surface area (Å²) in [5.74, 6) is 0. The number of carbonyl (C=O) groups is 3. The summed E-state index contributed by atoms with van der Waals surface area (Å²) in [7, 11) is -2.53. The molecule has 0 saturated heterocycles. The van der Waals surface area contributed by atoms with Crippen LogP contribution >= 0.6 is 7.49 Å². The van der Waals surface area contributed by atoms with Crippen molar-refractivity contribution in [3.05, 3.63) is 91.0 Å². The molecule has 0 amide bonds. The minimum atomic E-state index is -2.53. The summed E-state index contributed by atoms with van der Waals surface area (Å²) in [6.45, 7) is 6.00. The van der Waals surface area contributed by atoms with Crippen LogP contribution in [0.15, 0.2) is 91.0 Å². The zero-order valence-corrected chi connectivity index (χ0v) is 17.1. The summed E-state index contributed by atoms with van der Waals surface area (Å²) >= 11 is 2.31.